The number of phenolic OH excluding ortho intramolecular Hbond substituents is 1. The van der Waals surface area contributed by atoms with Crippen LogP contribution < -0.4 is 11.1 Å². The standard InChI is InChI=1S/C14H20N2O4S/c1-14(6-7-21(19,20)9-14)16-13(18)12(15)8-10-2-4-11(17)5-3-10/h2-5,12,17H,6-9,15H2,1H3,(H,16,18). The lowest BCUT2D eigenvalue weighted by molar-refractivity contribution is -0.123. The molecule has 1 heterocycles. The number of carbonyl (C=O) groups excluding carboxylic acids is 1. The summed E-state index contributed by atoms with van der Waals surface area (Å²) < 4.78 is 23.0. The van der Waals surface area contributed by atoms with Crippen molar-refractivity contribution in [3.8, 4) is 5.75 Å². The third kappa shape index (κ3) is 4.18. The second kappa shape index (κ2) is 5.65. The van der Waals surface area contributed by atoms with Crippen LogP contribution in [0.3, 0.4) is 0 Å². The van der Waals surface area contributed by atoms with Crippen LogP contribution in [-0.4, -0.2) is 42.5 Å². The number of hydrogen-bond acceptors (Lipinski definition) is 5. The van der Waals surface area contributed by atoms with E-state index in [9.17, 15) is 18.3 Å². The van der Waals surface area contributed by atoms with Crippen LogP contribution in [0.5, 0.6) is 5.75 Å². The van der Waals surface area contributed by atoms with E-state index >= 15 is 0 Å². The molecule has 0 aromatic heterocycles. The summed E-state index contributed by atoms with van der Waals surface area (Å²) in [5.41, 5.74) is 5.97. The lowest BCUT2D eigenvalue weighted by Crippen LogP contribution is -2.53. The van der Waals surface area contributed by atoms with E-state index in [1.165, 1.54) is 12.1 Å². The molecule has 6 nitrogen and oxygen atoms in total. The van der Waals surface area contributed by atoms with Crippen LogP contribution >= 0.6 is 0 Å². The Hall–Kier alpha value is -1.60. The summed E-state index contributed by atoms with van der Waals surface area (Å²) in [6.45, 7) is 1.72. The monoisotopic (exact) mass is 312 g/mol. The number of hydrogen-bond donors (Lipinski definition) is 3. The molecule has 116 valence electrons. The molecular formula is C14H20N2O4S. The van der Waals surface area contributed by atoms with Crippen LogP contribution in [0.4, 0.5) is 0 Å². The molecule has 1 saturated heterocycles. The Morgan fingerprint density at radius 2 is 2.05 bits per heavy atom. The van der Waals surface area contributed by atoms with E-state index < -0.39 is 21.4 Å². The molecule has 1 fully saturated rings. The topological polar surface area (TPSA) is 109 Å². The van der Waals surface area contributed by atoms with Crippen molar-refractivity contribution < 1.29 is 18.3 Å². The second-order valence-corrected chi connectivity index (χ2v) is 8.05. The molecule has 0 radical (unpaired) electrons. The number of benzene rings is 1. The predicted octanol–water partition coefficient (Wildman–Crippen LogP) is -0.0446. The average Bonchev–Trinajstić information content (AvgIpc) is 2.66. The Morgan fingerprint density at radius 1 is 1.43 bits per heavy atom. The Bertz CT molecular complexity index is 627. The minimum Gasteiger partial charge on any atom is -0.508 e. The normalized spacial score (nSPS) is 25.4. The molecule has 1 aromatic carbocycles. The summed E-state index contributed by atoms with van der Waals surface area (Å²) in [4.78, 5) is 12.1. The fourth-order valence-corrected chi connectivity index (χ4v) is 4.57. The van der Waals surface area contributed by atoms with Gasteiger partial charge in [-0.2, -0.15) is 0 Å². The maximum absolute atomic E-state index is 12.1. The predicted molar refractivity (Wildman–Crippen MR) is 79.6 cm³/mol. The molecule has 0 spiro atoms. The molecule has 7 heteroatoms. The van der Waals surface area contributed by atoms with Crippen molar-refractivity contribution in [3.63, 3.8) is 0 Å². The highest BCUT2D eigenvalue weighted by Crippen LogP contribution is 2.23. The van der Waals surface area contributed by atoms with Crippen molar-refractivity contribution in [2.24, 2.45) is 5.73 Å². The van der Waals surface area contributed by atoms with E-state index in [-0.39, 0.29) is 23.2 Å². The van der Waals surface area contributed by atoms with Crippen molar-refractivity contribution in [2.75, 3.05) is 11.5 Å². The van der Waals surface area contributed by atoms with Gasteiger partial charge in [-0.05, 0) is 37.5 Å². The zero-order valence-corrected chi connectivity index (χ0v) is 12.7. The number of nitrogens with one attached hydrogen (secondary N) is 1. The van der Waals surface area contributed by atoms with Gasteiger partial charge in [0.25, 0.3) is 0 Å². The van der Waals surface area contributed by atoms with Crippen molar-refractivity contribution in [2.45, 2.75) is 31.3 Å². The fourth-order valence-electron chi connectivity index (χ4n) is 2.48. The number of phenols is 1. The molecule has 2 unspecified atom stereocenters. The van der Waals surface area contributed by atoms with Crippen LogP contribution in [0, 0.1) is 0 Å². The van der Waals surface area contributed by atoms with E-state index in [4.69, 9.17) is 5.73 Å². The Balaban J connectivity index is 1.95. The van der Waals surface area contributed by atoms with E-state index in [0.29, 0.717) is 12.8 Å². The lowest BCUT2D eigenvalue weighted by atomic mass is 10.00. The number of sulfone groups is 1. The number of nitrogens with two attached hydrogens (primary N) is 1. The Morgan fingerprint density at radius 3 is 2.57 bits per heavy atom. The van der Waals surface area contributed by atoms with Gasteiger partial charge in [0.2, 0.25) is 5.91 Å². The van der Waals surface area contributed by atoms with Gasteiger partial charge in [0.05, 0.1) is 23.1 Å². The average molecular weight is 312 g/mol. The molecular weight excluding hydrogens is 292 g/mol. The number of rotatable bonds is 4. The molecule has 0 bridgehead atoms. The SMILES string of the molecule is CC1(NC(=O)C(N)Cc2ccc(O)cc2)CCS(=O)(=O)C1. The van der Waals surface area contributed by atoms with Crippen molar-refractivity contribution in [1.29, 1.82) is 0 Å². The first-order chi connectivity index (χ1) is 9.69. The van der Waals surface area contributed by atoms with Gasteiger partial charge in [0.15, 0.2) is 9.84 Å². The highest BCUT2D eigenvalue weighted by Gasteiger charge is 2.40. The molecule has 1 aliphatic rings. The van der Waals surface area contributed by atoms with Crippen molar-refractivity contribution in [1.82, 2.24) is 5.32 Å². The molecule has 4 N–H and O–H groups in total. The molecule has 1 aromatic rings. The van der Waals surface area contributed by atoms with E-state index in [1.807, 2.05) is 0 Å². The first-order valence-corrected chi connectivity index (χ1v) is 8.57. The summed E-state index contributed by atoms with van der Waals surface area (Å²) in [6.07, 6.45) is 0.738. The van der Waals surface area contributed by atoms with Gasteiger partial charge in [-0.3, -0.25) is 4.79 Å². The van der Waals surface area contributed by atoms with Crippen LogP contribution in [0.15, 0.2) is 24.3 Å². The highest BCUT2D eigenvalue weighted by molar-refractivity contribution is 7.91. The molecule has 1 amide bonds. The van der Waals surface area contributed by atoms with E-state index in [1.54, 1.807) is 19.1 Å². The maximum atomic E-state index is 12.1. The molecule has 0 aliphatic carbocycles. The zero-order chi connectivity index (χ0) is 15.7. The van der Waals surface area contributed by atoms with Gasteiger partial charge in [0.1, 0.15) is 5.75 Å². The van der Waals surface area contributed by atoms with Gasteiger partial charge >= 0.3 is 0 Å². The summed E-state index contributed by atoms with van der Waals surface area (Å²) in [6, 6.07) is 5.71. The number of carbonyl (C=O) groups is 1. The zero-order valence-electron chi connectivity index (χ0n) is 11.9. The summed E-state index contributed by atoms with van der Waals surface area (Å²) in [7, 11) is -3.07. The third-order valence-corrected chi connectivity index (χ3v) is 5.56. The second-order valence-electron chi connectivity index (χ2n) is 5.87. The smallest absolute Gasteiger partial charge is 0.237 e. The molecule has 2 rings (SSSR count). The van der Waals surface area contributed by atoms with Gasteiger partial charge in [0, 0.05) is 0 Å². The van der Waals surface area contributed by atoms with Gasteiger partial charge in [-0.25, -0.2) is 8.42 Å². The summed E-state index contributed by atoms with van der Waals surface area (Å²) >= 11 is 0. The van der Waals surface area contributed by atoms with Crippen molar-refractivity contribution in [3.05, 3.63) is 29.8 Å². The summed E-state index contributed by atoms with van der Waals surface area (Å²) in [5.74, 6) is -0.155. The molecule has 1 aliphatic heterocycles. The largest absolute Gasteiger partial charge is 0.508 e. The first-order valence-electron chi connectivity index (χ1n) is 6.75. The Labute approximate surface area is 124 Å². The fraction of sp³-hybridized carbons (Fsp3) is 0.500. The van der Waals surface area contributed by atoms with Crippen LogP contribution in [0.25, 0.3) is 0 Å². The summed E-state index contributed by atoms with van der Waals surface area (Å²) in [5, 5.41) is 12.0. The lowest BCUT2D eigenvalue weighted by Gasteiger charge is -2.26. The van der Waals surface area contributed by atoms with Crippen LogP contribution in [0.2, 0.25) is 0 Å². The number of amides is 1. The van der Waals surface area contributed by atoms with Gasteiger partial charge in [-0.15, -0.1) is 0 Å². The molecule has 21 heavy (non-hydrogen) atoms. The van der Waals surface area contributed by atoms with Gasteiger partial charge in [-0.1, -0.05) is 12.1 Å². The van der Waals surface area contributed by atoms with E-state index in [0.717, 1.165) is 5.56 Å². The van der Waals surface area contributed by atoms with Crippen molar-refractivity contribution >= 4 is 15.7 Å². The first kappa shape index (κ1) is 15.8. The minimum absolute atomic E-state index is 0.0440. The molecule has 2 atom stereocenters. The van der Waals surface area contributed by atoms with Crippen LogP contribution in [-0.2, 0) is 21.1 Å². The highest BCUT2D eigenvalue weighted by atomic mass is 32.2. The van der Waals surface area contributed by atoms with E-state index in [2.05, 4.69) is 5.32 Å². The Kier molecular flexibility index (Phi) is 4.25. The third-order valence-electron chi connectivity index (χ3n) is 3.66. The quantitative estimate of drug-likeness (QED) is 0.722. The van der Waals surface area contributed by atoms with Crippen LogP contribution in [0.1, 0.15) is 18.9 Å². The number of aromatic hydroxyl groups is 1. The van der Waals surface area contributed by atoms with Gasteiger partial charge < -0.3 is 16.2 Å². The molecule has 0 saturated carbocycles. The minimum atomic E-state index is -3.07. The maximum Gasteiger partial charge on any atom is 0.237 e.